The zero-order chi connectivity index (χ0) is 8.27. The molecule has 1 atom stereocenters. The van der Waals surface area contributed by atoms with Crippen LogP contribution in [0.2, 0.25) is 0 Å². The third-order valence-electron chi connectivity index (χ3n) is 2.21. The van der Waals surface area contributed by atoms with Gasteiger partial charge in [0.2, 0.25) is 0 Å². The molecule has 0 fully saturated rings. The number of hydrogen-bond acceptors (Lipinski definition) is 1. The van der Waals surface area contributed by atoms with Gasteiger partial charge in [-0.3, -0.25) is 4.79 Å². The van der Waals surface area contributed by atoms with E-state index in [-0.39, 0.29) is 0 Å². The Morgan fingerprint density at radius 1 is 1.82 bits per heavy atom. The van der Waals surface area contributed by atoms with Crippen molar-refractivity contribution < 1.29 is 9.90 Å². The van der Waals surface area contributed by atoms with Crippen LogP contribution in [0.1, 0.15) is 32.6 Å². The molecule has 0 aromatic carbocycles. The second-order valence-electron chi connectivity index (χ2n) is 3.29. The van der Waals surface area contributed by atoms with Crippen LogP contribution in [0.5, 0.6) is 0 Å². The molecule has 0 heterocycles. The standard InChI is InChI=1S/C9H14O2/c1-7-2-4-8(5-3-7)6-9(10)11/h2,8H,3-6H2,1H3,(H,10,11)/t8-/m1/s1. The van der Waals surface area contributed by atoms with Crippen molar-refractivity contribution in [2.45, 2.75) is 32.6 Å². The van der Waals surface area contributed by atoms with Gasteiger partial charge in [-0.2, -0.15) is 0 Å². The average Bonchev–Trinajstić information content (AvgIpc) is 1.93. The molecule has 0 saturated carbocycles. The molecule has 0 unspecified atom stereocenters. The van der Waals surface area contributed by atoms with Crippen molar-refractivity contribution in [2.24, 2.45) is 5.92 Å². The van der Waals surface area contributed by atoms with Gasteiger partial charge in [0.1, 0.15) is 0 Å². The Hall–Kier alpha value is -0.790. The monoisotopic (exact) mass is 154 g/mol. The lowest BCUT2D eigenvalue weighted by Gasteiger charge is -2.17. The van der Waals surface area contributed by atoms with Crippen LogP contribution < -0.4 is 0 Å². The number of carboxylic acid groups (broad SMARTS) is 1. The smallest absolute Gasteiger partial charge is 0.303 e. The minimum atomic E-state index is -0.664. The largest absolute Gasteiger partial charge is 0.481 e. The second kappa shape index (κ2) is 3.56. The van der Waals surface area contributed by atoms with Crippen LogP contribution in [0.25, 0.3) is 0 Å². The summed E-state index contributed by atoms with van der Waals surface area (Å²) in [6, 6.07) is 0. The van der Waals surface area contributed by atoms with Crippen LogP contribution in [0.3, 0.4) is 0 Å². The van der Waals surface area contributed by atoms with Gasteiger partial charge < -0.3 is 5.11 Å². The van der Waals surface area contributed by atoms with Crippen LogP contribution in [0, 0.1) is 5.92 Å². The molecule has 0 spiro atoms. The highest BCUT2D eigenvalue weighted by molar-refractivity contribution is 5.67. The Labute approximate surface area is 66.9 Å². The van der Waals surface area contributed by atoms with Crippen LogP contribution in [0.4, 0.5) is 0 Å². The van der Waals surface area contributed by atoms with Crippen LogP contribution in [0.15, 0.2) is 11.6 Å². The van der Waals surface area contributed by atoms with Gasteiger partial charge in [-0.25, -0.2) is 0 Å². The molecule has 1 aliphatic carbocycles. The summed E-state index contributed by atoms with van der Waals surface area (Å²) in [5.74, 6) is -0.279. The first kappa shape index (κ1) is 8.31. The quantitative estimate of drug-likeness (QED) is 0.619. The number of rotatable bonds is 2. The molecular weight excluding hydrogens is 140 g/mol. The summed E-state index contributed by atoms with van der Waals surface area (Å²) < 4.78 is 0. The lowest BCUT2D eigenvalue weighted by Crippen LogP contribution is -2.10. The Morgan fingerprint density at radius 2 is 2.55 bits per heavy atom. The van der Waals surface area contributed by atoms with Crippen molar-refractivity contribution in [2.75, 3.05) is 0 Å². The molecule has 2 heteroatoms. The summed E-state index contributed by atoms with van der Waals surface area (Å²) in [5, 5.41) is 8.51. The summed E-state index contributed by atoms with van der Waals surface area (Å²) in [7, 11) is 0. The summed E-state index contributed by atoms with van der Waals surface area (Å²) in [6.07, 6.45) is 5.59. The molecule has 62 valence electrons. The fourth-order valence-electron chi connectivity index (χ4n) is 1.45. The first-order valence-corrected chi connectivity index (χ1v) is 4.06. The number of carboxylic acids is 1. The molecule has 0 saturated heterocycles. The normalized spacial score (nSPS) is 24.5. The zero-order valence-corrected chi connectivity index (χ0v) is 6.84. The zero-order valence-electron chi connectivity index (χ0n) is 6.84. The number of aliphatic carboxylic acids is 1. The summed E-state index contributed by atoms with van der Waals surface area (Å²) in [5.41, 5.74) is 1.41. The molecule has 1 aliphatic rings. The summed E-state index contributed by atoms with van der Waals surface area (Å²) >= 11 is 0. The summed E-state index contributed by atoms with van der Waals surface area (Å²) in [6.45, 7) is 2.11. The average molecular weight is 154 g/mol. The highest BCUT2D eigenvalue weighted by atomic mass is 16.4. The number of carbonyl (C=O) groups is 1. The van der Waals surface area contributed by atoms with E-state index in [0.717, 1.165) is 19.3 Å². The Kier molecular flexibility index (Phi) is 2.69. The van der Waals surface area contributed by atoms with E-state index < -0.39 is 5.97 Å². The highest BCUT2D eigenvalue weighted by Gasteiger charge is 2.15. The van der Waals surface area contributed by atoms with Crippen molar-refractivity contribution in [1.29, 1.82) is 0 Å². The number of hydrogen-bond donors (Lipinski definition) is 1. The fourth-order valence-corrected chi connectivity index (χ4v) is 1.45. The van der Waals surface area contributed by atoms with Gasteiger partial charge in [-0.1, -0.05) is 11.6 Å². The van der Waals surface area contributed by atoms with Crippen molar-refractivity contribution in [1.82, 2.24) is 0 Å². The fraction of sp³-hybridized carbons (Fsp3) is 0.667. The van der Waals surface area contributed by atoms with E-state index in [1.54, 1.807) is 0 Å². The van der Waals surface area contributed by atoms with Crippen LogP contribution in [-0.2, 0) is 4.79 Å². The number of allylic oxidation sites excluding steroid dienone is 2. The van der Waals surface area contributed by atoms with Gasteiger partial charge in [0.15, 0.2) is 0 Å². The third kappa shape index (κ3) is 2.74. The molecule has 1 N–H and O–H groups in total. The van der Waals surface area contributed by atoms with Crippen molar-refractivity contribution in [3.05, 3.63) is 11.6 Å². The van der Waals surface area contributed by atoms with Crippen molar-refractivity contribution >= 4 is 5.97 Å². The second-order valence-corrected chi connectivity index (χ2v) is 3.29. The molecule has 0 aliphatic heterocycles. The van der Waals surface area contributed by atoms with Crippen LogP contribution >= 0.6 is 0 Å². The van der Waals surface area contributed by atoms with Gasteiger partial charge in [0.25, 0.3) is 0 Å². The van der Waals surface area contributed by atoms with E-state index in [0.29, 0.717) is 12.3 Å². The Morgan fingerprint density at radius 3 is 3.00 bits per heavy atom. The SMILES string of the molecule is CC1=CC[C@@H](CC(=O)O)CC1. The molecule has 2 nitrogen and oxygen atoms in total. The molecule has 0 amide bonds. The molecule has 0 aromatic rings. The van der Waals surface area contributed by atoms with E-state index in [1.165, 1.54) is 5.57 Å². The van der Waals surface area contributed by atoms with Crippen molar-refractivity contribution in [3.8, 4) is 0 Å². The summed E-state index contributed by atoms with van der Waals surface area (Å²) in [4.78, 5) is 10.3. The van der Waals surface area contributed by atoms with E-state index in [2.05, 4.69) is 13.0 Å². The van der Waals surface area contributed by atoms with E-state index in [9.17, 15) is 4.79 Å². The predicted octanol–water partition coefficient (Wildman–Crippen LogP) is 2.21. The van der Waals surface area contributed by atoms with Gasteiger partial charge in [-0.05, 0) is 32.1 Å². The first-order valence-electron chi connectivity index (χ1n) is 4.06. The molecule has 11 heavy (non-hydrogen) atoms. The van der Waals surface area contributed by atoms with E-state index in [4.69, 9.17) is 5.11 Å². The van der Waals surface area contributed by atoms with Crippen LogP contribution in [-0.4, -0.2) is 11.1 Å². The minimum Gasteiger partial charge on any atom is -0.481 e. The predicted molar refractivity (Wildman–Crippen MR) is 43.4 cm³/mol. The molecule has 0 radical (unpaired) electrons. The third-order valence-corrected chi connectivity index (χ3v) is 2.21. The van der Waals surface area contributed by atoms with Gasteiger partial charge in [-0.15, -0.1) is 0 Å². The maximum Gasteiger partial charge on any atom is 0.303 e. The van der Waals surface area contributed by atoms with E-state index in [1.807, 2.05) is 0 Å². The van der Waals surface area contributed by atoms with Gasteiger partial charge >= 0.3 is 5.97 Å². The van der Waals surface area contributed by atoms with E-state index >= 15 is 0 Å². The molecule has 0 aromatic heterocycles. The van der Waals surface area contributed by atoms with Crippen molar-refractivity contribution in [3.63, 3.8) is 0 Å². The maximum absolute atomic E-state index is 10.3. The lowest BCUT2D eigenvalue weighted by molar-refractivity contribution is -0.138. The first-order chi connectivity index (χ1) is 5.18. The molecular formula is C9H14O2. The topological polar surface area (TPSA) is 37.3 Å². The lowest BCUT2D eigenvalue weighted by atomic mass is 9.88. The minimum absolute atomic E-state index is 0.337. The molecule has 0 bridgehead atoms. The van der Waals surface area contributed by atoms with Gasteiger partial charge in [0.05, 0.1) is 0 Å². The molecule has 1 rings (SSSR count). The van der Waals surface area contributed by atoms with Gasteiger partial charge in [0, 0.05) is 6.42 Å². The highest BCUT2D eigenvalue weighted by Crippen LogP contribution is 2.25. The maximum atomic E-state index is 10.3. The Balaban J connectivity index is 2.35. The Bertz CT molecular complexity index is 182.